The molecule has 0 saturated heterocycles. The van der Waals surface area contributed by atoms with Gasteiger partial charge in [-0.2, -0.15) is 0 Å². The van der Waals surface area contributed by atoms with Crippen LogP contribution < -0.4 is 21.3 Å². The van der Waals surface area contributed by atoms with Crippen molar-refractivity contribution in [3.05, 3.63) is 95.1 Å². The number of benzene rings is 3. The minimum atomic E-state index is -1.62. The first-order chi connectivity index (χ1) is 27.4. The normalized spacial score (nSPS) is 14.4. The van der Waals surface area contributed by atoms with Gasteiger partial charge in [-0.1, -0.05) is 164 Å². The molecule has 0 heterocycles. The van der Waals surface area contributed by atoms with Gasteiger partial charge in [-0.25, -0.2) is 14.4 Å². The number of carbonyl (C=O) groups is 3. The van der Waals surface area contributed by atoms with Gasteiger partial charge in [-0.05, 0) is 89.1 Å². The van der Waals surface area contributed by atoms with Gasteiger partial charge in [0.05, 0.1) is 11.6 Å². The first kappa shape index (κ1) is 51.7. The number of aliphatic hydroxyl groups excluding tert-OH is 1. The van der Waals surface area contributed by atoms with Crippen LogP contribution in [0, 0.1) is 24.7 Å². The van der Waals surface area contributed by atoms with Gasteiger partial charge >= 0.3 is 18.0 Å². The average Bonchev–Trinajstić information content (AvgIpc) is 3.08. The largest absolute Gasteiger partial charge is 0.458 e. The number of esters is 1. The zero-order valence-electron chi connectivity index (χ0n) is 35.7. The first-order valence-electron chi connectivity index (χ1n) is 19.5. The predicted octanol–water partition coefficient (Wildman–Crippen LogP) is 11.8. The van der Waals surface area contributed by atoms with Crippen LogP contribution in [0.15, 0.2) is 72.8 Å². The SMILES string of the molecule is Cc1cc(C)c(NC(=O)N[C@@H](Cc2ccccc2)C(O)OC(C)(C)CC(C)(C)C(Cl)(Cl)Cl)cc1NC(=O)N[C@@H](Cc1ccccc1)C(=O)OC(C)(C)CC(C)(C)C(Cl)(Cl)Cl. The topological polar surface area (TPSA) is 138 Å². The lowest BCUT2D eigenvalue weighted by atomic mass is 9.83. The highest BCUT2D eigenvalue weighted by molar-refractivity contribution is 6.68. The zero-order chi connectivity index (χ0) is 45.5. The highest BCUT2D eigenvalue weighted by Gasteiger charge is 2.46. The van der Waals surface area contributed by atoms with Gasteiger partial charge in [0.25, 0.3) is 0 Å². The van der Waals surface area contributed by atoms with Crippen molar-refractivity contribution < 1.29 is 29.0 Å². The van der Waals surface area contributed by atoms with Gasteiger partial charge in [0, 0.05) is 28.6 Å². The summed E-state index contributed by atoms with van der Waals surface area (Å²) in [5, 5.41) is 22.7. The summed E-state index contributed by atoms with van der Waals surface area (Å²) in [4.78, 5) is 41.0. The molecule has 332 valence electrons. The molecule has 0 fully saturated rings. The average molecular weight is 952 g/mol. The lowest BCUT2D eigenvalue weighted by molar-refractivity contribution is -0.194. The van der Waals surface area contributed by atoms with Gasteiger partial charge < -0.3 is 35.8 Å². The van der Waals surface area contributed by atoms with Crippen molar-refractivity contribution in [1.82, 2.24) is 10.6 Å². The number of urea groups is 2. The monoisotopic (exact) mass is 948 g/mol. The van der Waals surface area contributed by atoms with Gasteiger partial charge in [0.1, 0.15) is 11.6 Å². The number of amides is 4. The second kappa shape index (κ2) is 20.7. The van der Waals surface area contributed by atoms with Crippen molar-refractivity contribution >= 4 is 99.0 Å². The number of rotatable bonds is 17. The molecular formula is C44H58Cl6N4O6. The van der Waals surface area contributed by atoms with Crippen LogP contribution in [0.25, 0.3) is 0 Å². The molecule has 16 heteroatoms. The van der Waals surface area contributed by atoms with E-state index in [4.69, 9.17) is 79.1 Å². The van der Waals surface area contributed by atoms with Crippen molar-refractivity contribution in [3.63, 3.8) is 0 Å². The summed E-state index contributed by atoms with van der Waals surface area (Å²) in [6.45, 7) is 17.7. The molecule has 5 N–H and O–H groups in total. The molecule has 3 aromatic rings. The highest BCUT2D eigenvalue weighted by Crippen LogP contribution is 2.50. The Morgan fingerprint density at radius 2 is 1.03 bits per heavy atom. The molecule has 0 spiro atoms. The minimum absolute atomic E-state index is 0.137. The number of hydrogen-bond donors (Lipinski definition) is 5. The van der Waals surface area contributed by atoms with Gasteiger partial charge in [-0.15, -0.1) is 0 Å². The van der Waals surface area contributed by atoms with Crippen LogP contribution in [-0.2, 0) is 27.1 Å². The van der Waals surface area contributed by atoms with E-state index in [-0.39, 0.29) is 25.7 Å². The summed E-state index contributed by atoms with van der Waals surface area (Å²) in [5.41, 5.74) is 0.0717. The second-order valence-corrected chi connectivity index (χ2v) is 22.3. The van der Waals surface area contributed by atoms with Crippen LogP contribution in [0.1, 0.15) is 90.5 Å². The van der Waals surface area contributed by atoms with Crippen LogP contribution in [-0.4, -0.2) is 60.3 Å². The number of alkyl halides is 6. The number of aryl methyl sites for hydroxylation is 2. The maximum absolute atomic E-state index is 13.7. The summed E-state index contributed by atoms with van der Waals surface area (Å²) in [7, 11) is 0. The zero-order valence-corrected chi connectivity index (χ0v) is 40.3. The van der Waals surface area contributed by atoms with Crippen molar-refractivity contribution in [2.75, 3.05) is 10.6 Å². The third-order valence-corrected chi connectivity index (χ3v) is 13.1. The number of nitrogens with one attached hydrogen (secondary N) is 4. The molecule has 4 amide bonds. The number of hydrogen-bond acceptors (Lipinski definition) is 6. The number of anilines is 2. The van der Waals surface area contributed by atoms with Crippen LogP contribution >= 0.6 is 69.6 Å². The fourth-order valence-corrected chi connectivity index (χ4v) is 7.46. The fraction of sp³-hybridized carbons (Fsp3) is 0.523. The lowest BCUT2D eigenvalue weighted by Crippen LogP contribution is -2.51. The van der Waals surface area contributed by atoms with Crippen molar-refractivity contribution in [2.45, 2.75) is 132 Å². The molecule has 3 aromatic carbocycles. The minimum Gasteiger partial charge on any atom is -0.458 e. The van der Waals surface area contributed by atoms with E-state index >= 15 is 0 Å². The Morgan fingerprint density at radius 1 is 0.617 bits per heavy atom. The Balaban J connectivity index is 1.81. The molecule has 10 nitrogen and oxygen atoms in total. The predicted molar refractivity (Wildman–Crippen MR) is 247 cm³/mol. The third-order valence-electron chi connectivity index (χ3n) is 9.99. The van der Waals surface area contributed by atoms with E-state index < -0.39 is 66.0 Å². The van der Waals surface area contributed by atoms with E-state index in [0.29, 0.717) is 22.5 Å². The molecule has 3 atom stereocenters. The summed E-state index contributed by atoms with van der Waals surface area (Å²) in [6, 6.07) is 18.6. The quantitative estimate of drug-likeness (QED) is 0.0519. The van der Waals surface area contributed by atoms with E-state index in [2.05, 4.69) is 21.3 Å². The van der Waals surface area contributed by atoms with Crippen molar-refractivity contribution in [3.8, 4) is 0 Å². The lowest BCUT2D eigenvalue weighted by Gasteiger charge is -2.41. The molecule has 60 heavy (non-hydrogen) atoms. The number of aliphatic hydroxyl groups is 1. The highest BCUT2D eigenvalue weighted by atomic mass is 35.6. The van der Waals surface area contributed by atoms with Gasteiger partial charge in [0.2, 0.25) is 0 Å². The van der Waals surface area contributed by atoms with E-state index in [9.17, 15) is 19.5 Å². The van der Waals surface area contributed by atoms with Crippen molar-refractivity contribution in [2.24, 2.45) is 10.8 Å². The fourth-order valence-electron chi connectivity index (χ4n) is 7.06. The summed E-state index contributed by atoms with van der Waals surface area (Å²) in [5.74, 6) is -0.674. The smallest absolute Gasteiger partial charge is 0.329 e. The Labute approximate surface area is 385 Å². The van der Waals surface area contributed by atoms with E-state index in [1.807, 2.05) is 60.7 Å². The maximum atomic E-state index is 13.7. The van der Waals surface area contributed by atoms with E-state index in [0.717, 1.165) is 11.1 Å². The van der Waals surface area contributed by atoms with Gasteiger partial charge in [-0.3, -0.25) is 0 Å². The van der Waals surface area contributed by atoms with Crippen LogP contribution in [0.3, 0.4) is 0 Å². The van der Waals surface area contributed by atoms with Crippen molar-refractivity contribution in [1.29, 1.82) is 0 Å². The second-order valence-electron chi connectivity index (χ2n) is 17.8. The Hall–Kier alpha value is -2.67. The van der Waals surface area contributed by atoms with Crippen LogP contribution in [0.4, 0.5) is 21.0 Å². The first-order valence-corrected chi connectivity index (χ1v) is 21.7. The summed E-state index contributed by atoms with van der Waals surface area (Å²) < 4.78 is 8.87. The Morgan fingerprint density at radius 3 is 1.48 bits per heavy atom. The summed E-state index contributed by atoms with van der Waals surface area (Å²) in [6.07, 6.45) is -0.607. The summed E-state index contributed by atoms with van der Waals surface area (Å²) >= 11 is 37.4. The maximum Gasteiger partial charge on any atom is 0.329 e. The van der Waals surface area contributed by atoms with Gasteiger partial charge in [0.15, 0.2) is 13.9 Å². The molecule has 0 aliphatic carbocycles. The number of halogens is 6. The molecule has 0 aliphatic rings. The number of carbonyl (C=O) groups excluding carboxylic acids is 3. The molecular weight excluding hydrogens is 893 g/mol. The molecule has 0 radical (unpaired) electrons. The third kappa shape index (κ3) is 15.9. The Bertz CT molecular complexity index is 1920. The van der Waals surface area contributed by atoms with E-state index in [1.54, 1.807) is 81.4 Å². The molecule has 0 aromatic heterocycles. The van der Waals surface area contributed by atoms with Crippen LogP contribution in [0.5, 0.6) is 0 Å². The molecule has 0 saturated carbocycles. The van der Waals surface area contributed by atoms with Crippen LogP contribution in [0.2, 0.25) is 0 Å². The molecule has 3 rings (SSSR count). The number of ether oxygens (including phenoxy) is 2. The Kier molecular flexibility index (Phi) is 17.8. The standard InChI is InChI=1S/C44H58Cl6N4O6/c1-27-21-28(2)32(52-38(58)54-34(23-30-19-15-12-16-20-30)36(56)60-42(9,10)26-40(5,6)44(48,49)50)24-31(27)51-37(57)53-33(22-29-17-13-11-14-18-29)35(55)59-41(7,8)25-39(3,4)43(45,46)47/h11-21,24,33-35,55H,22-23,25-26H2,1-10H3,(H2,51,53,57)(H2,52,54,58)/t33-,34-,35?/m0/s1. The van der Waals surface area contributed by atoms with E-state index in [1.165, 1.54) is 0 Å². The molecule has 1 unspecified atom stereocenters. The molecule has 0 aliphatic heterocycles. The molecule has 0 bridgehead atoms.